The van der Waals surface area contributed by atoms with E-state index in [-0.39, 0.29) is 0 Å². The Morgan fingerprint density at radius 1 is 1.00 bits per heavy atom. The Morgan fingerprint density at radius 3 is 2.21 bits per heavy atom. The standard InChI is InChI=1S/C14H21/c1-6-7-8-14-9-10(2)11(3)12(4)13(14)5/h9H,1,6-8H2,2-5H3. The van der Waals surface area contributed by atoms with Gasteiger partial charge in [-0.15, -0.1) is 0 Å². The fraction of sp³-hybridized carbons (Fsp3) is 0.500. The van der Waals surface area contributed by atoms with E-state index in [1.807, 2.05) is 0 Å². The van der Waals surface area contributed by atoms with Gasteiger partial charge in [-0.1, -0.05) is 19.4 Å². The van der Waals surface area contributed by atoms with E-state index >= 15 is 0 Å². The van der Waals surface area contributed by atoms with Crippen LogP contribution < -0.4 is 0 Å². The highest BCUT2D eigenvalue weighted by atomic mass is 14.1. The predicted octanol–water partition coefficient (Wildman–Crippen LogP) is 4.08. The van der Waals surface area contributed by atoms with Crippen molar-refractivity contribution in [2.24, 2.45) is 0 Å². The van der Waals surface area contributed by atoms with Gasteiger partial charge in [-0.25, -0.2) is 0 Å². The van der Waals surface area contributed by atoms with Crippen molar-refractivity contribution in [2.45, 2.75) is 47.0 Å². The van der Waals surface area contributed by atoms with Crippen LogP contribution in [0.3, 0.4) is 0 Å². The molecule has 0 saturated carbocycles. The monoisotopic (exact) mass is 189 g/mol. The molecular formula is C14H21. The van der Waals surface area contributed by atoms with Gasteiger partial charge in [-0.2, -0.15) is 0 Å². The van der Waals surface area contributed by atoms with Crippen LogP contribution in [0.15, 0.2) is 6.07 Å². The maximum absolute atomic E-state index is 3.89. The van der Waals surface area contributed by atoms with Crippen LogP contribution in [0.1, 0.15) is 40.7 Å². The zero-order valence-electron chi connectivity index (χ0n) is 9.91. The third kappa shape index (κ3) is 2.17. The van der Waals surface area contributed by atoms with E-state index in [2.05, 4.69) is 40.7 Å². The molecule has 1 rings (SSSR count). The minimum Gasteiger partial charge on any atom is -0.0556 e. The summed E-state index contributed by atoms with van der Waals surface area (Å²) < 4.78 is 0. The first-order chi connectivity index (χ1) is 6.57. The summed E-state index contributed by atoms with van der Waals surface area (Å²) in [5.41, 5.74) is 7.31. The summed E-state index contributed by atoms with van der Waals surface area (Å²) in [5, 5.41) is 0. The van der Waals surface area contributed by atoms with Gasteiger partial charge < -0.3 is 0 Å². The Morgan fingerprint density at radius 2 is 1.64 bits per heavy atom. The van der Waals surface area contributed by atoms with Gasteiger partial charge in [-0.3, -0.25) is 0 Å². The fourth-order valence-electron chi connectivity index (χ4n) is 1.87. The molecule has 1 aromatic carbocycles. The van der Waals surface area contributed by atoms with Gasteiger partial charge in [0.15, 0.2) is 0 Å². The van der Waals surface area contributed by atoms with Crippen molar-refractivity contribution in [3.8, 4) is 0 Å². The minimum absolute atomic E-state index is 1.03. The summed E-state index contributed by atoms with van der Waals surface area (Å²) in [6, 6.07) is 2.34. The second kappa shape index (κ2) is 4.63. The molecular weight excluding hydrogens is 168 g/mol. The average molecular weight is 189 g/mol. The predicted molar refractivity (Wildman–Crippen MR) is 63.7 cm³/mol. The molecule has 0 amide bonds. The minimum atomic E-state index is 1.03. The van der Waals surface area contributed by atoms with E-state index in [0.29, 0.717) is 0 Å². The number of hydrogen-bond donors (Lipinski definition) is 0. The highest BCUT2D eigenvalue weighted by Gasteiger charge is 2.06. The molecule has 0 atom stereocenters. The number of unbranched alkanes of at least 4 members (excludes halogenated alkanes) is 1. The topological polar surface area (TPSA) is 0 Å². The number of hydrogen-bond acceptors (Lipinski definition) is 0. The Hall–Kier alpha value is -0.780. The largest absolute Gasteiger partial charge is 0.0556 e. The molecule has 0 aliphatic heterocycles. The maximum Gasteiger partial charge on any atom is -0.0276 e. The van der Waals surface area contributed by atoms with Crippen molar-refractivity contribution in [1.29, 1.82) is 0 Å². The van der Waals surface area contributed by atoms with E-state index in [0.717, 1.165) is 6.42 Å². The van der Waals surface area contributed by atoms with Crippen LogP contribution in [0.5, 0.6) is 0 Å². The summed E-state index contributed by atoms with van der Waals surface area (Å²) >= 11 is 0. The first-order valence-electron chi connectivity index (χ1n) is 5.43. The van der Waals surface area contributed by atoms with Gasteiger partial charge in [0.1, 0.15) is 0 Å². The first kappa shape index (κ1) is 11.3. The summed E-state index contributed by atoms with van der Waals surface area (Å²) in [4.78, 5) is 0. The average Bonchev–Trinajstić information content (AvgIpc) is 2.18. The van der Waals surface area contributed by atoms with E-state index in [1.54, 1.807) is 0 Å². The molecule has 0 saturated heterocycles. The maximum atomic E-state index is 3.89. The van der Waals surface area contributed by atoms with Crippen molar-refractivity contribution >= 4 is 0 Å². The van der Waals surface area contributed by atoms with Gasteiger partial charge in [0, 0.05) is 0 Å². The van der Waals surface area contributed by atoms with Crippen molar-refractivity contribution in [3.63, 3.8) is 0 Å². The van der Waals surface area contributed by atoms with Crippen LogP contribution in [-0.4, -0.2) is 0 Å². The lowest BCUT2D eigenvalue weighted by Crippen LogP contribution is -1.97. The third-order valence-electron chi connectivity index (χ3n) is 3.29. The van der Waals surface area contributed by atoms with Crippen molar-refractivity contribution in [3.05, 3.63) is 40.8 Å². The Kier molecular flexibility index (Phi) is 3.74. The van der Waals surface area contributed by atoms with Gasteiger partial charge >= 0.3 is 0 Å². The van der Waals surface area contributed by atoms with Crippen LogP contribution >= 0.6 is 0 Å². The summed E-state index contributed by atoms with van der Waals surface area (Å²) in [6.07, 6.45) is 3.41. The van der Waals surface area contributed by atoms with Crippen molar-refractivity contribution < 1.29 is 0 Å². The molecule has 0 spiro atoms. The number of aryl methyl sites for hydroxylation is 2. The molecule has 1 aromatic rings. The van der Waals surface area contributed by atoms with E-state index in [4.69, 9.17) is 0 Å². The molecule has 0 N–H and O–H groups in total. The molecule has 0 unspecified atom stereocenters. The molecule has 0 fully saturated rings. The normalized spacial score (nSPS) is 10.6. The van der Waals surface area contributed by atoms with E-state index in [1.165, 1.54) is 40.7 Å². The van der Waals surface area contributed by atoms with Crippen LogP contribution in [0.4, 0.5) is 0 Å². The first-order valence-corrected chi connectivity index (χ1v) is 5.43. The van der Waals surface area contributed by atoms with E-state index < -0.39 is 0 Å². The van der Waals surface area contributed by atoms with Gasteiger partial charge in [-0.05, 0) is 68.4 Å². The third-order valence-corrected chi connectivity index (χ3v) is 3.29. The molecule has 0 aliphatic rings. The quantitative estimate of drug-likeness (QED) is 0.672. The van der Waals surface area contributed by atoms with Gasteiger partial charge in [0.2, 0.25) is 0 Å². The summed E-state index contributed by atoms with van der Waals surface area (Å²) in [5.74, 6) is 0. The van der Waals surface area contributed by atoms with Crippen LogP contribution in [-0.2, 0) is 6.42 Å². The zero-order chi connectivity index (χ0) is 10.7. The molecule has 1 radical (unpaired) electrons. The number of rotatable bonds is 3. The van der Waals surface area contributed by atoms with Crippen LogP contribution in [0.2, 0.25) is 0 Å². The van der Waals surface area contributed by atoms with Crippen LogP contribution in [0.25, 0.3) is 0 Å². The highest BCUT2D eigenvalue weighted by molar-refractivity contribution is 5.43. The molecule has 77 valence electrons. The molecule has 0 heterocycles. The second-order valence-electron chi connectivity index (χ2n) is 4.18. The molecule has 0 nitrogen and oxygen atoms in total. The molecule has 0 heteroatoms. The number of benzene rings is 1. The summed E-state index contributed by atoms with van der Waals surface area (Å²) in [7, 11) is 0. The van der Waals surface area contributed by atoms with Gasteiger partial charge in [0.25, 0.3) is 0 Å². The SMILES string of the molecule is [CH2]CCCc1cc(C)c(C)c(C)c1C. The van der Waals surface area contributed by atoms with Gasteiger partial charge in [0.05, 0.1) is 0 Å². The zero-order valence-corrected chi connectivity index (χ0v) is 9.91. The lowest BCUT2D eigenvalue weighted by molar-refractivity contribution is 0.832. The lowest BCUT2D eigenvalue weighted by Gasteiger charge is -2.13. The fourth-order valence-corrected chi connectivity index (χ4v) is 1.87. The second-order valence-corrected chi connectivity index (χ2v) is 4.18. The van der Waals surface area contributed by atoms with E-state index in [9.17, 15) is 0 Å². The molecule has 0 aliphatic carbocycles. The Bertz CT molecular complexity index is 321. The Labute approximate surface area is 88.4 Å². The molecule has 0 bridgehead atoms. The van der Waals surface area contributed by atoms with Crippen LogP contribution in [0, 0.1) is 34.6 Å². The van der Waals surface area contributed by atoms with Crippen molar-refractivity contribution in [2.75, 3.05) is 0 Å². The highest BCUT2D eigenvalue weighted by Crippen LogP contribution is 2.22. The molecule has 14 heavy (non-hydrogen) atoms. The smallest absolute Gasteiger partial charge is 0.0276 e. The van der Waals surface area contributed by atoms with Crippen molar-refractivity contribution in [1.82, 2.24) is 0 Å². The molecule has 0 aromatic heterocycles. The lowest BCUT2D eigenvalue weighted by atomic mass is 9.92. The Balaban J connectivity index is 3.06. The summed E-state index contributed by atoms with van der Waals surface area (Å²) in [6.45, 7) is 12.8.